The van der Waals surface area contributed by atoms with Crippen LogP contribution in [0, 0.1) is 0 Å². The standard InChI is InChI=1S/C21H24N2OS/c1-16(17-10-6-4-7-11-17)22(2)15-14-19-20(23(3)21(24)25-19)18-12-8-5-9-13-18/h4-13,16H,14-15H2,1-3H3. The molecule has 1 aromatic heterocycles. The minimum Gasteiger partial charge on any atom is -0.301 e. The summed E-state index contributed by atoms with van der Waals surface area (Å²) in [5, 5.41) is 0. The Kier molecular flexibility index (Phi) is 5.51. The van der Waals surface area contributed by atoms with E-state index in [4.69, 9.17) is 0 Å². The van der Waals surface area contributed by atoms with Gasteiger partial charge >= 0.3 is 4.87 Å². The Bertz CT molecular complexity index is 868. The summed E-state index contributed by atoms with van der Waals surface area (Å²) in [6.07, 6.45) is 0.874. The third-order valence-electron chi connectivity index (χ3n) is 4.77. The number of hydrogen-bond donors (Lipinski definition) is 0. The van der Waals surface area contributed by atoms with Gasteiger partial charge in [0.2, 0.25) is 0 Å². The van der Waals surface area contributed by atoms with Crippen molar-refractivity contribution in [3.8, 4) is 11.3 Å². The van der Waals surface area contributed by atoms with E-state index in [2.05, 4.69) is 55.3 Å². The number of likely N-dealkylation sites (N-methyl/N-ethyl adjacent to an activating group) is 1. The van der Waals surface area contributed by atoms with Crippen molar-refractivity contribution in [1.29, 1.82) is 0 Å². The molecule has 1 unspecified atom stereocenters. The lowest BCUT2D eigenvalue weighted by molar-refractivity contribution is 0.265. The molecule has 0 amide bonds. The molecule has 0 aliphatic rings. The first-order valence-corrected chi connectivity index (χ1v) is 9.39. The predicted molar refractivity (Wildman–Crippen MR) is 106 cm³/mol. The summed E-state index contributed by atoms with van der Waals surface area (Å²) < 4.78 is 1.77. The second kappa shape index (κ2) is 7.81. The highest BCUT2D eigenvalue weighted by atomic mass is 32.1. The van der Waals surface area contributed by atoms with E-state index in [1.54, 1.807) is 4.57 Å². The lowest BCUT2D eigenvalue weighted by Gasteiger charge is -2.25. The molecule has 0 aliphatic heterocycles. The van der Waals surface area contributed by atoms with Crippen molar-refractivity contribution in [1.82, 2.24) is 9.47 Å². The maximum absolute atomic E-state index is 12.2. The largest absolute Gasteiger partial charge is 0.307 e. The highest BCUT2D eigenvalue weighted by Crippen LogP contribution is 2.26. The topological polar surface area (TPSA) is 25.2 Å². The highest BCUT2D eigenvalue weighted by molar-refractivity contribution is 7.09. The van der Waals surface area contributed by atoms with Crippen molar-refractivity contribution in [2.75, 3.05) is 13.6 Å². The fraction of sp³-hybridized carbons (Fsp3) is 0.286. The van der Waals surface area contributed by atoms with Gasteiger partial charge in [0.15, 0.2) is 0 Å². The summed E-state index contributed by atoms with van der Waals surface area (Å²) in [5.74, 6) is 0. The summed E-state index contributed by atoms with van der Waals surface area (Å²) in [5.41, 5.74) is 3.48. The first kappa shape index (κ1) is 17.6. The van der Waals surface area contributed by atoms with Crippen LogP contribution in [0.1, 0.15) is 23.4 Å². The number of hydrogen-bond acceptors (Lipinski definition) is 3. The fourth-order valence-electron chi connectivity index (χ4n) is 3.08. The van der Waals surface area contributed by atoms with Crippen LogP contribution in [0.5, 0.6) is 0 Å². The van der Waals surface area contributed by atoms with E-state index in [0.717, 1.165) is 29.1 Å². The Labute approximate surface area is 153 Å². The lowest BCUT2D eigenvalue weighted by atomic mass is 10.1. The predicted octanol–water partition coefficient (Wildman–Crippen LogP) is 4.35. The molecule has 2 aromatic carbocycles. The zero-order valence-electron chi connectivity index (χ0n) is 15.0. The Morgan fingerprint density at radius 1 is 1.04 bits per heavy atom. The monoisotopic (exact) mass is 352 g/mol. The molecule has 3 rings (SSSR count). The molecule has 3 nitrogen and oxygen atoms in total. The molecule has 1 heterocycles. The van der Waals surface area contributed by atoms with Crippen molar-refractivity contribution in [2.45, 2.75) is 19.4 Å². The van der Waals surface area contributed by atoms with E-state index in [1.165, 1.54) is 16.9 Å². The quantitative estimate of drug-likeness (QED) is 0.659. The third kappa shape index (κ3) is 3.91. The van der Waals surface area contributed by atoms with E-state index < -0.39 is 0 Å². The van der Waals surface area contributed by atoms with Gasteiger partial charge < -0.3 is 4.57 Å². The van der Waals surface area contributed by atoms with Gasteiger partial charge in [-0.25, -0.2) is 0 Å². The first-order chi connectivity index (χ1) is 12.1. The van der Waals surface area contributed by atoms with E-state index in [1.807, 2.05) is 31.3 Å². The average molecular weight is 353 g/mol. The summed E-state index contributed by atoms with van der Waals surface area (Å²) in [4.78, 5) is 15.8. The van der Waals surface area contributed by atoms with Crippen LogP contribution in [0.15, 0.2) is 65.5 Å². The van der Waals surface area contributed by atoms with Gasteiger partial charge in [-0.15, -0.1) is 0 Å². The van der Waals surface area contributed by atoms with Gasteiger partial charge in [0.1, 0.15) is 0 Å². The molecule has 1 atom stereocenters. The second-order valence-electron chi connectivity index (χ2n) is 6.38. The van der Waals surface area contributed by atoms with Gasteiger partial charge in [0.05, 0.1) is 5.69 Å². The molecule has 0 saturated heterocycles. The van der Waals surface area contributed by atoms with Crippen LogP contribution >= 0.6 is 11.3 Å². The Balaban J connectivity index is 1.78. The van der Waals surface area contributed by atoms with Crippen molar-refractivity contribution in [2.24, 2.45) is 7.05 Å². The molecule has 0 aliphatic carbocycles. The summed E-state index contributed by atoms with van der Waals surface area (Å²) in [6.45, 7) is 3.14. The third-order valence-corrected chi connectivity index (χ3v) is 5.86. The molecular formula is C21H24N2OS. The van der Waals surface area contributed by atoms with Crippen molar-refractivity contribution < 1.29 is 0 Å². The molecule has 0 radical (unpaired) electrons. The average Bonchev–Trinajstić information content (AvgIpc) is 2.94. The molecule has 130 valence electrons. The van der Waals surface area contributed by atoms with E-state index in [9.17, 15) is 4.79 Å². The van der Waals surface area contributed by atoms with Gasteiger partial charge in [-0.2, -0.15) is 0 Å². The Morgan fingerprint density at radius 3 is 2.28 bits per heavy atom. The molecule has 0 spiro atoms. The fourth-order valence-corrected chi connectivity index (χ4v) is 4.06. The van der Waals surface area contributed by atoms with Crippen LogP contribution in [0.4, 0.5) is 0 Å². The molecule has 0 saturated carbocycles. The summed E-state index contributed by atoms with van der Waals surface area (Å²) in [7, 11) is 4.01. The minimum atomic E-state index is 0.104. The van der Waals surface area contributed by atoms with Crippen molar-refractivity contribution in [3.05, 3.63) is 80.8 Å². The van der Waals surface area contributed by atoms with Crippen molar-refractivity contribution in [3.63, 3.8) is 0 Å². The number of rotatable bonds is 6. The van der Waals surface area contributed by atoms with E-state index in [0.29, 0.717) is 6.04 Å². The first-order valence-electron chi connectivity index (χ1n) is 8.57. The molecule has 3 aromatic rings. The van der Waals surface area contributed by atoms with Crippen LogP contribution in [0.2, 0.25) is 0 Å². The Hall–Kier alpha value is -2.17. The molecule has 0 bridgehead atoms. The zero-order chi connectivity index (χ0) is 17.8. The number of nitrogens with zero attached hydrogens (tertiary/aromatic N) is 2. The van der Waals surface area contributed by atoms with Crippen LogP contribution in [-0.4, -0.2) is 23.1 Å². The zero-order valence-corrected chi connectivity index (χ0v) is 15.8. The normalized spacial score (nSPS) is 12.5. The lowest BCUT2D eigenvalue weighted by Crippen LogP contribution is -2.24. The maximum atomic E-state index is 12.2. The van der Waals surface area contributed by atoms with Gasteiger partial charge in [0, 0.05) is 24.5 Å². The highest BCUT2D eigenvalue weighted by Gasteiger charge is 2.16. The van der Waals surface area contributed by atoms with Gasteiger partial charge in [-0.3, -0.25) is 9.69 Å². The molecule has 0 N–H and O–H groups in total. The Morgan fingerprint density at radius 2 is 1.64 bits per heavy atom. The van der Waals surface area contributed by atoms with E-state index >= 15 is 0 Å². The summed E-state index contributed by atoms with van der Waals surface area (Å²) in [6, 6.07) is 21.1. The molecule has 25 heavy (non-hydrogen) atoms. The van der Waals surface area contributed by atoms with Crippen LogP contribution in [-0.2, 0) is 13.5 Å². The smallest absolute Gasteiger partial charge is 0.301 e. The number of thiazole rings is 1. The van der Waals surface area contributed by atoms with Crippen LogP contribution in [0.25, 0.3) is 11.3 Å². The SMILES string of the molecule is CC(c1ccccc1)N(C)CCc1sc(=O)n(C)c1-c1ccccc1. The number of aromatic nitrogens is 1. The van der Waals surface area contributed by atoms with E-state index in [-0.39, 0.29) is 4.87 Å². The molecular weight excluding hydrogens is 328 g/mol. The second-order valence-corrected chi connectivity index (χ2v) is 7.43. The van der Waals surface area contributed by atoms with Gasteiger partial charge in [0.25, 0.3) is 0 Å². The van der Waals surface area contributed by atoms with Gasteiger partial charge in [-0.05, 0) is 31.5 Å². The van der Waals surface area contributed by atoms with Gasteiger partial charge in [-0.1, -0.05) is 72.0 Å². The minimum absolute atomic E-state index is 0.104. The maximum Gasteiger partial charge on any atom is 0.307 e. The van der Waals surface area contributed by atoms with Crippen molar-refractivity contribution >= 4 is 11.3 Å². The molecule has 4 heteroatoms. The van der Waals surface area contributed by atoms with Crippen LogP contribution in [0.3, 0.4) is 0 Å². The van der Waals surface area contributed by atoms with Crippen LogP contribution < -0.4 is 4.87 Å². The molecule has 0 fully saturated rings. The number of benzene rings is 2. The summed E-state index contributed by atoms with van der Waals surface area (Å²) >= 11 is 1.37.